The molecular weight excluding hydrogens is 400 g/mol. The number of rotatable bonds is 6. The predicted molar refractivity (Wildman–Crippen MR) is 117 cm³/mol. The Morgan fingerprint density at radius 3 is 2.68 bits per heavy atom. The van der Waals surface area contributed by atoms with E-state index in [-0.39, 0.29) is 18.0 Å². The average molecular weight is 431 g/mol. The van der Waals surface area contributed by atoms with Gasteiger partial charge in [-0.15, -0.1) is 0 Å². The molecule has 0 saturated carbocycles. The number of aryl methyl sites for hydroxylation is 1. The maximum atomic E-state index is 12.2. The Bertz CT molecular complexity index is 919. The van der Waals surface area contributed by atoms with E-state index < -0.39 is 0 Å². The third kappa shape index (κ3) is 7.47. The van der Waals surface area contributed by atoms with Gasteiger partial charge in [0.1, 0.15) is 6.54 Å². The molecule has 0 radical (unpaired) electrons. The number of ether oxygens (including phenoxy) is 2. The molecule has 0 spiro atoms. The molecule has 0 aliphatic carbocycles. The highest BCUT2D eigenvalue weighted by molar-refractivity contribution is 5.95. The van der Waals surface area contributed by atoms with Crippen molar-refractivity contribution in [2.24, 2.45) is 4.99 Å². The Hall–Kier alpha value is -3.30. The van der Waals surface area contributed by atoms with Crippen LogP contribution in [0.4, 0.5) is 5.69 Å². The summed E-state index contributed by atoms with van der Waals surface area (Å²) in [6, 6.07) is 5.59. The number of anilines is 1. The Labute approximate surface area is 181 Å². The van der Waals surface area contributed by atoms with Gasteiger partial charge in [0.05, 0.1) is 13.2 Å². The van der Waals surface area contributed by atoms with Gasteiger partial charge in [0.15, 0.2) is 23.3 Å². The van der Waals surface area contributed by atoms with Crippen LogP contribution in [0.25, 0.3) is 0 Å². The molecular formula is C21H30N6O4. The van der Waals surface area contributed by atoms with Gasteiger partial charge in [-0.25, -0.2) is 4.99 Å². The molecule has 31 heavy (non-hydrogen) atoms. The number of carbonyl (C=O) groups excluding carboxylic acids is 1. The zero-order valence-electron chi connectivity index (χ0n) is 18.4. The van der Waals surface area contributed by atoms with E-state index in [1.807, 2.05) is 39.0 Å². The van der Waals surface area contributed by atoms with Crippen LogP contribution in [-0.4, -0.2) is 53.8 Å². The second-order valence-corrected chi connectivity index (χ2v) is 8.21. The molecule has 0 atom stereocenters. The zero-order valence-corrected chi connectivity index (χ0v) is 18.4. The molecule has 0 unspecified atom stereocenters. The minimum absolute atomic E-state index is 0.0170. The molecule has 2 heterocycles. The van der Waals surface area contributed by atoms with Crippen molar-refractivity contribution in [3.63, 3.8) is 0 Å². The molecule has 2 aromatic rings. The molecule has 1 amide bonds. The Morgan fingerprint density at radius 2 is 1.97 bits per heavy atom. The number of fused-ring (bicyclic) bond motifs is 1. The Morgan fingerprint density at radius 1 is 1.19 bits per heavy atom. The van der Waals surface area contributed by atoms with E-state index in [1.54, 1.807) is 6.92 Å². The standard InChI is InChI=1S/C21H30N6O4/c1-14-24-19(31-27-14)8-9-22-20(23-13-18(28)26-21(2,3)4)25-15-6-7-16-17(12-15)30-11-5-10-29-16/h6-7,12H,5,8-11,13H2,1-4H3,(H,26,28)(H2,22,23,25). The van der Waals surface area contributed by atoms with Gasteiger partial charge in [-0.1, -0.05) is 5.16 Å². The molecule has 10 nitrogen and oxygen atoms in total. The number of guanidine groups is 1. The largest absolute Gasteiger partial charge is 0.490 e. The van der Waals surface area contributed by atoms with Crippen LogP contribution < -0.4 is 25.4 Å². The third-order valence-corrected chi connectivity index (χ3v) is 4.11. The van der Waals surface area contributed by atoms with E-state index in [1.165, 1.54) is 0 Å². The molecule has 0 saturated heterocycles. The first-order valence-corrected chi connectivity index (χ1v) is 10.3. The van der Waals surface area contributed by atoms with Crippen molar-refractivity contribution in [3.8, 4) is 11.5 Å². The van der Waals surface area contributed by atoms with Crippen LogP contribution in [0.2, 0.25) is 0 Å². The molecule has 0 fully saturated rings. The number of hydrogen-bond acceptors (Lipinski definition) is 7. The second-order valence-electron chi connectivity index (χ2n) is 8.21. The van der Waals surface area contributed by atoms with Crippen LogP contribution in [-0.2, 0) is 11.2 Å². The molecule has 1 aliphatic rings. The number of aliphatic imine (C=N–C) groups is 1. The lowest BCUT2D eigenvalue weighted by Gasteiger charge is -2.20. The summed E-state index contributed by atoms with van der Waals surface area (Å²) in [7, 11) is 0. The summed E-state index contributed by atoms with van der Waals surface area (Å²) in [5.41, 5.74) is 0.443. The lowest BCUT2D eigenvalue weighted by Crippen LogP contribution is -2.42. The number of carbonyl (C=O) groups is 1. The van der Waals surface area contributed by atoms with Gasteiger partial charge < -0.3 is 29.9 Å². The molecule has 1 aromatic heterocycles. The molecule has 10 heteroatoms. The summed E-state index contributed by atoms with van der Waals surface area (Å²) in [6.45, 7) is 9.27. The molecule has 1 aromatic carbocycles. The summed E-state index contributed by atoms with van der Waals surface area (Å²) in [5, 5.41) is 13.1. The fourth-order valence-corrected chi connectivity index (χ4v) is 2.86. The minimum Gasteiger partial charge on any atom is -0.490 e. The van der Waals surface area contributed by atoms with Crippen LogP contribution >= 0.6 is 0 Å². The highest BCUT2D eigenvalue weighted by atomic mass is 16.5. The first-order chi connectivity index (χ1) is 14.8. The van der Waals surface area contributed by atoms with E-state index in [9.17, 15) is 4.79 Å². The van der Waals surface area contributed by atoms with Crippen LogP contribution in [0.5, 0.6) is 11.5 Å². The van der Waals surface area contributed by atoms with Crippen molar-refractivity contribution in [3.05, 3.63) is 29.9 Å². The van der Waals surface area contributed by atoms with E-state index >= 15 is 0 Å². The number of hydrogen-bond donors (Lipinski definition) is 3. The van der Waals surface area contributed by atoms with Gasteiger partial charge in [0, 0.05) is 36.7 Å². The van der Waals surface area contributed by atoms with Gasteiger partial charge in [-0.05, 0) is 39.8 Å². The fraction of sp³-hybridized carbons (Fsp3) is 0.524. The van der Waals surface area contributed by atoms with Gasteiger partial charge in [-0.2, -0.15) is 4.98 Å². The minimum atomic E-state index is -0.322. The monoisotopic (exact) mass is 430 g/mol. The maximum absolute atomic E-state index is 12.2. The lowest BCUT2D eigenvalue weighted by atomic mass is 10.1. The molecule has 1 aliphatic heterocycles. The van der Waals surface area contributed by atoms with Gasteiger partial charge in [0.25, 0.3) is 0 Å². The van der Waals surface area contributed by atoms with E-state index in [2.05, 4.69) is 31.1 Å². The normalized spacial score (nSPS) is 14.0. The van der Waals surface area contributed by atoms with Crippen molar-refractivity contribution in [1.82, 2.24) is 20.8 Å². The summed E-state index contributed by atoms with van der Waals surface area (Å²) in [4.78, 5) is 20.8. The smallest absolute Gasteiger partial charge is 0.242 e. The Balaban J connectivity index is 1.67. The highest BCUT2D eigenvalue weighted by Gasteiger charge is 2.14. The first kappa shape index (κ1) is 22.4. The summed E-state index contributed by atoms with van der Waals surface area (Å²) in [5.74, 6) is 2.80. The SMILES string of the molecule is Cc1noc(CCNC(=NCC(=O)NC(C)(C)C)Nc2ccc3c(c2)OCCCO3)n1. The van der Waals surface area contributed by atoms with Crippen LogP contribution in [0.1, 0.15) is 38.9 Å². The second kappa shape index (κ2) is 10.1. The van der Waals surface area contributed by atoms with E-state index in [4.69, 9.17) is 14.0 Å². The van der Waals surface area contributed by atoms with Crippen molar-refractivity contribution in [1.29, 1.82) is 0 Å². The summed E-state index contributed by atoms with van der Waals surface area (Å²) >= 11 is 0. The van der Waals surface area contributed by atoms with Gasteiger partial charge in [-0.3, -0.25) is 4.79 Å². The number of nitrogens with zero attached hydrogens (tertiary/aromatic N) is 3. The first-order valence-electron chi connectivity index (χ1n) is 10.3. The van der Waals surface area contributed by atoms with E-state index in [0.29, 0.717) is 55.4 Å². The van der Waals surface area contributed by atoms with Crippen LogP contribution in [0.15, 0.2) is 27.7 Å². The number of aromatic nitrogens is 2. The predicted octanol–water partition coefficient (Wildman–Crippen LogP) is 2.05. The van der Waals surface area contributed by atoms with Crippen LogP contribution in [0.3, 0.4) is 0 Å². The molecule has 3 N–H and O–H groups in total. The molecule has 3 rings (SSSR count). The number of amides is 1. The molecule has 168 valence electrons. The number of nitrogens with one attached hydrogen (secondary N) is 3. The van der Waals surface area contributed by atoms with Crippen molar-refractivity contribution >= 4 is 17.6 Å². The quantitative estimate of drug-likeness (QED) is 0.470. The van der Waals surface area contributed by atoms with Gasteiger partial charge in [0.2, 0.25) is 11.8 Å². The topological polar surface area (TPSA) is 123 Å². The molecule has 0 bridgehead atoms. The number of benzene rings is 1. The van der Waals surface area contributed by atoms with E-state index in [0.717, 1.165) is 12.1 Å². The van der Waals surface area contributed by atoms with Crippen molar-refractivity contribution in [2.75, 3.05) is 31.6 Å². The fourth-order valence-electron chi connectivity index (χ4n) is 2.86. The third-order valence-electron chi connectivity index (χ3n) is 4.11. The lowest BCUT2D eigenvalue weighted by molar-refractivity contribution is -0.121. The average Bonchev–Trinajstić information content (AvgIpc) is 2.96. The highest BCUT2D eigenvalue weighted by Crippen LogP contribution is 2.32. The van der Waals surface area contributed by atoms with Crippen LogP contribution in [0, 0.1) is 6.92 Å². The van der Waals surface area contributed by atoms with Crippen molar-refractivity contribution < 1.29 is 18.8 Å². The zero-order chi connectivity index (χ0) is 22.3. The summed E-state index contributed by atoms with van der Waals surface area (Å²) in [6.07, 6.45) is 1.36. The maximum Gasteiger partial charge on any atom is 0.242 e. The summed E-state index contributed by atoms with van der Waals surface area (Å²) < 4.78 is 16.6. The van der Waals surface area contributed by atoms with Gasteiger partial charge >= 0.3 is 0 Å². The Kier molecular flexibility index (Phi) is 7.32. The van der Waals surface area contributed by atoms with Crippen molar-refractivity contribution in [2.45, 2.75) is 46.1 Å².